The number of nitrogens with one attached hydrogen (secondary N) is 1. The highest BCUT2D eigenvalue weighted by molar-refractivity contribution is 5.75. The van der Waals surface area contributed by atoms with E-state index < -0.39 is 5.97 Å². The first-order valence-corrected chi connectivity index (χ1v) is 6.25. The minimum Gasteiger partial charge on any atom is -0.481 e. The van der Waals surface area contributed by atoms with E-state index in [0.29, 0.717) is 19.7 Å². The van der Waals surface area contributed by atoms with Gasteiger partial charge in [-0.1, -0.05) is 6.08 Å². The predicted octanol–water partition coefficient (Wildman–Crippen LogP) is 1.47. The molecular formula is C13H24N2O4. The first kappa shape index (κ1) is 17.4. The average Bonchev–Trinajstić information content (AvgIpc) is 2.28. The van der Waals surface area contributed by atoms with Gasteiger partial charge in [-0.15, -0.1) is 6.58 Å². The zero-order valence-electron chi connectivity index (χ0n) is 11.9. The monoisotopic (exact) mass is 272 g/mol. The van der Waals surface area contributed by atoms with Gasteiger partial charge in [-0.2, -0.15) is 0 Å². The molecule has 0 aromatic rings. The van der Waals surface area contributed by atoms with Gasteiger partial charge in [0.15, 0.2) is 0 Å². The second-order valence-electron chi connectivity index (χ2n) is 5.06. The fourth-order valence-corrected chi connectivity index (χ4v) is 1.38. The normalized spacial score (nSPS) is 10.9. The number of carboxylic acids is 1. The van der Waals surface area contributed by atoms with Crippen molar-refractivity contribution < 1.29 is 19.4 Å². The SMILES string of the molecule is C=CCN(C(=O)NCCOCCC(=O)O)C(C)(C)C. The number of amides is 2. The molecule has 0 unspecified atom stereocenters. The predicted molar refractivity (Wildman–Crippen MR) is 73.1 cm³/mol. The molecule has 0 rings (SSSR count). The van der Waals surface area contributed by atoms with Crippen LogP contribution < -0.4 is 5.32 Å². The number of carboxylic acid groups (broad SMARTS) is 1. The van der Waals surface area contributed by atoms with Crippen LogP contribution in [-0.2, 0) is 9.53 Å². The summed E-state index contributed by atoms with van der Waals surface area (Å²) in [5, 5.41) is 11.1. The van der Waals surface area contributed by atoms with E-state index in [2.05, 4.69) is 11.9 Å². The van der Waals surface area contributed by atoms with Gasteiger partial charge in [-0.05, 0) is 20.8 Å². The molecule has 0 fully saturated rings. The Balaban J connectivity index is 3.94. The van der Waals surface area contributed by atoms with Crippen LogP contribution in [0.25, 0.3) is 0 Å². The van der Waals surface area contributed by atoms with Crippen molar-refractivity contribution >= 4 is 12.0 Å². The molecule has 0 radical (unpaired) electrons. The molecule has 6 heteroatoms. The summed E-state index contributed by atoms with van der Waals surface area (Å²) in [6, 6.07) is -0.186. The molecule has 0 aromatic carbocycles. The molecule has 0 heterocycles. The van der Waals surface area contributed by atoms with Gasteiger partial charge in [0.05, 0.1) is 19.6 Å². The van der Waals surface area contributed by atoms with E-state index in [1.165, 1.54) is 0 Å². The molecule has 0 atom stereocenters. The molecule has 19 heavy (non-hydrogen) atoms. The van der Waals surface area contributed by atoms with Crippen LogP contribution in [0.1, 0.15) is 27.2 Å². The molecule has 0 bridgehead atoms. The first-order chi connectivity index (χ1) is 8.79. The molecule has 0 saturated carbocycles. The third-order valence-electron chi connectivity index (χ3n) is 2.35. The molecule has 0 spiro atoms. The summed E-state index contributed by atoms with van der Waals surface area (Å²) in [6.45, 7) is 10.7. The van der Waals surface area contributed by atoms with Crippen LogP contribution >= 0.6 is 0 Å². The number of carbonyl (C=O) groups is 2. The number of hydrogen-bond acceptors (Lipinski definition) is 3. The highest BCUT2D eigenvalue weighted by Gasteiger charge is 2.24. The van der Waals surface area contributed by atoms with E-state index in [1.54, 1.807) is 11.0 Å². The second-order valence-corrected chi connectivity index (χ2v) is 5.06. The molecule has 2 amide bonds. The first-order valence-electron chi connectivity index (χ1n) is 6.25. The third-order valence-corrected chi connectivity index (χ3v) is 2.35. The van der Waals surface area contributed by atoms with E-state index in [4.69, 9.17) is 9.84 Å². The Morgan fingerprint density at radius 1 is 1.37 bits per heavy atom. The van der Waals surface area contributed by atoms with Gasteiger partial charge in [-0.25, -0.2) is 4.79 Å². The van der Waals surface area contributed by atoms with Crippen LogP contribution in [0.2, 0.25) is 0 Å². The van der Waals surface area contributed by atoms with Gasteiger partial charge < -0.3 is 20.1 Å². The Kier molecular flexibility index (Phi) is 7.83. The molecule has 0 saturated heterocycles. The number of hydrogen-bond donors (Lipinski definition) is 2. The van der Waals surface area contributed by atoms with Crippen molar-refractivity contribution in [3.05, 3.63) is 12.7 Å². The Labute approximate surface area is 114 Å². The van der Waals surface area contributed by atoms with Crippen LogP contribution in [0.4, 0.5) is 4.79 Å². The molecule has 110 valence electrons. The fraction of sp³-hybridized carbons (Fsp3) is 0.692. The van der Waals surface area contributed by atoms with Crippen molar-refractivity contribution in [3.63, 3.8) is 0 Å². The van der Waals surface area contributed by atoms with Gasteiger partial charge in [0, 0.05) is 18.6 Å². The van der Waals surface area contributed by atoms with Gasteiger partial charge >= 0.3 is 12.0 Å². The van der Waals surface area contributed by atoms with Crippen molar-refractivity contribution in [1.29, 1.82) is 0 Å². The summed E-state index contributed by atoms with van der Waals surface area (Å²) >= 11 is 0. The summed E-state index contributed by atoms with van der Waals surface area (Å²) in [5.41, 5.74) is -0.289. The lowest BCUT2D eigenvalue weighted by atomic mass is 10.1. The highest BCUT2D eigenvalue weighted by atomic mass is 16.5. The zero-order chi connectivity index (χ0) is 14.9. The minimum absolute atomic E-state index is 0.0292. The summed E-state index contributed by atoms with van der Waals surface area (Å²) in [4.78, 5) is 23.8. The summed E-state index contributed by atoms with van der Waals surface area (Å²) in [7, 11) is 0. The number of ether oxygens (including phenoxy) is 1. The van der Waals surface area contributed by atoms with Crippen LogP contribution in [0, 0.1) is 0 Å². The lowest BCUT2D eigenvalue weighted by Crippen LogP contribution is -2.50. The topological polar surface area (TPSA) is 78.9 Å². The van der Waals surface area contributed by atoms with Gasteiger partial charge in [0.2, 0.25) is 0 Å². The zero-order valence-corrected chi connectivity index (χ0v) is 11.9. The molecule has 0 aliphatic heterocycles. The smallest absolute Gasteiger partial charge is 0.318 e. The largest absolute Gasteiger partial charge is 0.481 e. The van der Waals surface area contributed by atoms with Gasteiger partial charge in [-0.3, -0.25) is 4.79 Å². The number of urea groups is 1. The number of nitrogens with zero attached hydrogens (tertiary/aromatic N) is 1. The van der Waals surface area contributed by atoms with Crippen molar-refractivity contribution in [2.24, 2.45) is 0 Å². The maximum absolute atomic E-state index is 11.9. The summed E-state index contributed by atoms with van der Waals surface area (Å²) in [5.74, 6) is -0.895. The fourth-order valence-electron chi connectivity index (χ4n) is 1.38. The number of carbonyl (C=O) groups excluding carboxylic acids is 1. The highest BCUT2D eigenvalue weighted by Crippen LogP contribution is 2.12. The number of rotatable bonds is 8. The quantitative estimate of drug-likeness (QED) is 0.518. The Hall–Kier alpha value is -1.56. The van der Waals surface area contributed by atoms with Crippen LogP contribution in [0.15, 0.2) is 12.7 Å². The Bertz CT molecular complexity index is 310. The maximum atomic E-state index is 11.9. The van der Waals surface area contributed by atoms with Crippen LogP contribution in [0.3, 0.4) is 0 Å². The molecule has 0 aliphatic rings. The number of aliphatic carboxylic acids is 1. The summed E-state index contributed by atoms with van der Waals surface area (Å²) < 4.78 is 5.09. The van der Waals surface area contributed by atoms with Crippen molar-refractivity contribution in [2.45, 2.75) is 32.7 Å². The lowest BCUT2D eigenvalue weighted by molar-refractivity contribution is -0.138. The molecule has 0 aliphatic carbocycles. The second kappa shape index (κ2) is 8.53. The lowest BCUT2D eigenvalue weighted by Gasteiger charge is -2.34. The van der Waals surface area contributed by atoms with Crippen LogP contribution in [-0.4, -0.2) is 53.8 Å². The molecule has 2 N–H and O–H groups in total. The van der Waals surface area contributed by atoms with E-state index in [-0.39, 0.29) is 24.6 Å². The summed E-state index contributed by atoms with van der Waals surface area (Å²) in [6.07, 6.45) is 1.65. The van der Waals surface area contributed by atoms with Crippen LogP contribution in [0.5, 0.6) is 0 Å². The average molecular weight is 272 g/mol. The Morgan fingerprint density at radius 2 is 2.00 bits per heavy atom. The third kappa shape index (κ3) is 8.20. The minimum atomic E-state index is -0.895. The Morgan fingerprint density at radius 3 is 2.47 bits per heavy atom. The standard InChI is InChI=1S/C13H24N2O4/c1-5-8-15(13(2,3)4)12(18)14-7-10-19-9-6-11(16)17/h5H,1,6-10H2,2-4H3,(H,14,18)(H,16,17). The van der Waals surface area contributed by atoms with E-state index >= 15 is 0 Å². The molecule has 6 nitrogen and oxygen atoms in total. The van der Waals surface area contributed by atoms with Gasteiger partial charge in [0.25, 0.3) is 0 Å². The van der Waals surface area contributed by atoms with Crippen molar-refractivity contribution in [3.8, 4) is 0 Å². The molecular weight excluding hydrogens is 248 g/mol. The van der Waals surface area contributed by atoms with E-state index in [0.717, 1.165) is 0 Å². The maximum Gasteiger partial charge on any atom is 0.318 e. The van der Waals surface area contributed by atoms with Crippen molar-refractivity contribution in [1.82, 2.24) is 10.2 Å². The van der Waals surface area contributed by atoms with Crippen molar-refractivity contribution in [2.75, 3.05) is 26.3 Å². The van der Waals surface area contributed by atoms with Gasteiger partial charge in [0.1, 0.15) is 0 Å². The van der Waals surface area contributed by atoms with E-state index in [1.807, 2.05) is 20.8 Å². The molecule has 0 aromatic heterocycles. The van der Waals surface area contributed by atoms with E-state index in [9.17, 15) is 9.59 Å².